The van der Waals surface area contributed by atoms with Gasteiger partial charge in [-0.15, -0.1) is 0 Å². The lowest BCUT2D eigenvalue weighted by Gasteiger charge is -2.23. The summed E-state index contributed by atoms with van der Waals surface area (Å²) >= 11 is 0. The van der Waals surface area contributed by atoms with Gasteiger partial charge in [0, 0.05) is 11.4 Å². The van der Waals surface area contributed by atoms with E-state index in [4.69, 9.17) is 11.3 Å². The van der Waals surface area contributed by atoms with Crippen molar-refractivity contribution in [2.45, 2.75) is 18.7 Å². The molecule has 0 aromatic heterocycles. The molecule has 31 heavy (non-hydrogen) atoms. The highest BCUT2D eigenvalue weighted by atomic mass is 19.4. The Labute approximate surface area is 176 Å². The zero-order valence-corrected chi connectivity index (χ0v) is 16.3. The minimum atomic E-state index is -4.77. The Morgan fingerprint density at radius 1 is 1.16 bits per heavy atom. The number of nitrogens with zero attached hydrogens (tertiary/aromatic N) is 1. The molecule has 0 radical (unpaired) electrons. The van der Waals surface area contributed by atoms with E-state index in [1.54, 1.807) is 0 Å². The first kappa shape index (κ1) is 23.4. The first-order valence-electron chi connectivity index (χ1n) is 8.75. The summed E-state index contributed by atoms with van der Waals surface area (Å²) in [5.74, 6) is -1.11. The number of carbonyl (C=O) groups excluding carboxylic acids is 2. The van der Waals surface area contributed by atoms with Gasteiger partial charge in [-0.2, -0.15) is 13.2 Å². The van der Waals surface area contributed by atoms with Crippen LogP contribution in [0.3, 0.4) is 0 Å². The Balaban J connectivity index is 2.04. The van der Waals surface area contributed by atoms with E-state index in [0.717, 1.165) is 25.1 Å². The summed E-state index contributed by atoms with van der Waals surface area (Å²) in [6.45, 7) is 10.8. The number of alkyl halides is 3. The number of benzene rings is 2. The van der Waals surface area contributed by atoms with Gasteiger partial charge in [0.1, 0.15) is 12.4 Å². The molecule has 2 amide bonds. The maximum atomic E-state index is 13.1. The molecule has 0 aliphatic heterocycles. The number of amides is 2. The third-order valence-electron chi connectivity index (χ3n) is 4.00. The molecule has 0 saturated carbocycles. The Bertz CT molecular complexity index is 1030. The summed E-state index contributed by atoms with van der Waals surface area (Å²) < 4.78 is 44.5. The fourth-order valence-corrected chi connectivity index (χ4v) is 2.32. The third-order valence-corrected chi connectivity index (χ3v) is 4.00. The molecular weight excluding hydrogens is 415 g/mol. The van der Waals surface area contributed by atoms with E-state index in [-0.39, 0.29) is 11.4 Å². The normalized spacial score (nSPS) is 12.8. The van der Waals surface area contributed by atoms with Crippen LogP contribution in [0, 0.1) is 6.57 Å². The van der Waals surface area contributed by atoms with Gasteiger partial charge in [-0.05, 0) is 49.4 Å². The van der Waals surface area contributed by atoms with E-state index in [1.165, 1.54) is 24.3 Å². The van der Waals surface area contributed by atoms with Gasteiger partial charge in [0.2, 0.25) is 5.91 Å². The van der Waals surface area contributed by atoms with Gasteiger partial charge >= 0.3 is 6.18 Å². The summed E-state index contributed by atoms with van der Waals surface area (Å²) in [4.78, 5) is 26.4. The van der Waals surface area contributed by atoms with E-state index >= 15 is 0 Å². The van der Waals surface area contributed by atoms with Crippen LogP contribution in [0.2, 0.25) is 0 Å². The fraction of sp³-hybridized carbons (Fsp3) is 0.190. The lowest BCUT2D eigenvalue weighted by atomic mass is 10.1. The molecule has 0 aliphatic rings. The second kappa shape index (κ2) is 9.32. The zero-order valence-electron chi connectivity index (χ0n) is 16.3. The predicted molar refractivity (Wildman–Crippen MR) is 108 cm³/mol. The molecule has 0 aliphatic carbocycles. The second-order valence-electron chi connectivity index (χ2n) is 6.58. The van der Waals surface area contributed by atoms with Crippen LogP contribution in [-0.4, -0.2) is 29.1 Å². The van der Waals surface area contributed by atoms with Crippen LogP contribution in [-0.2, 0) is 15.8 Å². The number of rotatable bonds is 7. The molecule has 2 aromatic carbocycles. The number of nitrogens with one attached hydrogen (secondary N) is 2. The summed E-state index contributed by atoms with van der Waals surface area (Å²) in [6, 6.07) is 8.73. The summed E-state index contributed by atoms with van der Waals surface area (Å²) in [5, 5.41) is 15.1. The molecule has 2 rings (SSSR count). The lowest BCUT2D eigenvalue weighted by Crippen LogP contribution is -2.45. The van der Waals surface area contributed by atoms with Gasteiger partial charge in [-0.25, -0.2) is 4.85 Å². The van der Waals surface area contributed by atoms with Crippen LogP contribution in [0.15, 0.2) is 55.1 Å². The number of aliphatic hydroxyl groups is 1. The van der Waals surface area contributed by atoms with Gasteiger partial charge in [0.05, 0.1) is 12.1 Å². The fourth-order valence-electron chi connectivity index (χ4n) is 2.32. The summed E-state index contributed by atoms with van der Waals surface area (Å²) in [6.07, 6.45) is -3.67. The topological polar surface area (TPSA) is 92.0 Å². The average Bonchev–Trinajstić information content (AvgIpc) is 2.72. The van der Waals surface area contributed by atoms with Crippen molar-refractivity contribution in [3.8, 4) is 5.75 Å². The van der Waals surface area contributed by atoms with Gasteiger partial charge in [0.25, 0.3) is 5.91 Å². The van der Waals surface area contributed by atoms with Gasteiger partial charge in [0.15, 0.2) is 11.3 Å². The molecule has 3 N–H and O–H groups in total. The zero-order chi connectivity index (χ0) is 23.2. The first-order valence-corrected chi connectivity index (χ1v) is 8.75. The van der Waals surface area contributed by atoms with Crippen molar-refractivity contribution < 1.29 is 32.6 Å². The average molecular weight is 433 g/mol. The Morgan fingerprint density at radius 2 is 1.77 bits per heavy atom. The number of hydrogen-bond acceptors (Lipinski definition) is 4. The van der Waals surface area contributed by atoms with Crippen molar-refractivity contribution >= 4 is 28.9 Å². The molecule has 0 spiro atoms. The van der Waals surface area contributed by atoms with Crippen LogP contribution >= 0.6 is 0 Å². The maximum Gasteiger partial charge on any atom is 0.407 e. The maximum absolute atomic E-state index is 13.1. The monoisotopic (exact) mass is 433 g/mol. The highest BCUT2D eigenvalue weighted by molar-refractivity contribution is 5.99. The van der Waals surface area contributed by atoms with E-state index in [1.807, 2.05) is 0 Å². The molecule has 2 aromatic rings. The van der Waals surface area contributed by atoms with Crippen LogP contribution in [0.4, 0.5) is 30.2 Å². The van der Waals surface area contributed by atoms with Crippen molar-refractivity contribution in [2.75, 3.05) is 17.2 Å². The largest absolute Gasteiger partial charge is 0.490 e. The number of carbonyl (C=O) groups is 2. The van der Waals surface area contributed by atoms with Gasteiger partial charge < -0.3 is 20.5 Å². The molecule has 7 nitrogen and oxygen atoms in total. The highest BCUT2D eigenvalue weighted by Gasteiger charge is 2.35. The standard InChI is InChI=1S/C21H18F3N3O4/c1-4-18(28)26-13-5-8-15(9-6-13)31-12-20(2,30)19(29)27-14-7-10-17(25-3)16(11-14)21(22,23)24/h4-11,30H,1,12H2,2H3,(H,26,28)(H,27,29)/t20-/m0/s1. The number of ether oxygens (including phenoxy) is 1. The molecule has 0 saturated heterocycles. The molecule has 162 valence electrons. The molecule has 0 unspecified atom stereocenters. The van der Waals surface area contributed by atoms with Crippen molar-refractivity contribution in [1.29, 1.82) is 0 Å². The van der Waals surface area contributed by atoms with Gasteiger partial charge in [-0.3, -0.25) is 9.59 Å². The first-order chi connectivity index (χ1) is 14.5. The smallest absolute Gasteiger partial charge is 0.407 e. The van der Waals surface area contributed by atoms with Crippen LogP contribution < -0.4 is 15.4 Å². The number of halogens is 3. The second-order valence-corrected chi connectivity index (χ2v) is 6.58. The Morgan fingerprint density at radius 3 is 2.32 bits per heavy atom. The number of hydrogen-bond donors (Lipinski definition) is 3. The van der Waals surface area contributed by atoms with E-state index in [2.05, 4.69) is 22.1 Å². The lowest BCUT2D eigenvalue weighted by molar-refractivity contribution is -0.137. The highest BCUT2D eigenvalue weighted by Crippen LogP contribution is 2.38. The van der Waals surface area contributed by atoms with Crippen LogP contribution in [0.5, 0.6) is 5.75 Å². The Hall–Kier alpha value is -3.84. The van der Waals surface area contributed by atoms with E-state index in [0.29, 0.717) is 11.8 Å². The molecule has 0 bridgehead atoms. The summed E-state index contributed by atoms with van der Waals surface area (Å²) in [5.41, 5.74) is -3.63. The number of anilines is 2. The van der Waals surface area contributed by atoms with Crippen molar-refractivity contribution in [3.05, 3.63) is 72.1 Å². The molecule has 0 heterocycles. The SMILES string of the molecule is [C-]#[N+]c1ccc(NC(=O)[C@@](C)(O)COc2ccc(NC(=O)C=C)cc2)cc1C(F)(F)F. The van der Waals surface area contributed by atoms with E-state index in [9.17, 15) is 27.9 Å². The quantitative estimate of drug-likeness (QED) is 0.452. The molecule has 10 heteroatoms. The Kier molecular flexibility index (Phi) is 7.04. The van der Waals surface area contributed by atoms with E-state index < -0.39 is 41.4 Å². The molecule has 1 atom stereocenters. The van der Waals surface area contributed by atoms with Gasteiger partial charge in [-0.1, -0.05) is 12.6 Å². The van der Waals surface area contributed by atoms with Crippen molar-refractivity contribution in [2.24, 2.45) is 0 Å². The predicted octanol–water partition coefficient (Wildman–Crippen LogP) is 4.15. The minimum Gasteiger partial charge on any atom is -0.490 e. The van der Waals surface area contributed by atoms with Crippen molar-refractivity contribution in [3.63, 3.8) is 0 Å². The van der Waals surface area contributed by atoms with Crippen molar-refractivity contribution in [1.82, 2.24) is 0 Å². The van der Waals surface area contributed by atoms with Crippen LogP contribution in [0.25, 0.3) is 4.85 Å². The molecule has 0 fully saturated rings. The van der Waals surface area contributed by atoms with Crippen LogP contribution in [0.1, 0.15) is 12.5 Å². The summed E-state index contributed by atoms with van der Waals surface area (Å²) in [7, 11) is 0. The molecular formula is C21H18F3N3O4. The minimum absolute atomic E-state index is 0.229. The third kappa shape index (κ3) is 6.32.